The Kier molecular flexibility index (Phi) is 5.42. The van der Waals surface area contributed by atoms with Crippen molar-refractivity contribution in [1.82, 2.24) is 0 Å². The molecule has 0 aromatic rings. The van der Waals surface area contributed by atoms with Gasteiger partial charge in [-0.2, -0.15) is 0 Å². The Morgan fingerprint density at radius 2 is 2.00 bits per heavy atom. The van der Waals surface area contributed by atoms with Crippen LogP contribution in [0.25, 0.3) is 0 Å². The van der Waals surface area contributed by atoms with Crippen molar-refractivity contribution in [3.63, 3.8) is 0 Å². The summed E-state index contributed by atoms with van der Waals surface area (Å²) in [6, 6.07) is 0. The molecule has 1 aliphatic carbocycles. The predicted molar refractivity (Wildman–Crippen MR) is 65.2 cm³/mol. The van der Waals surface area contributed by atoms with Gasteiger partial charge in [0.15, 0.2) is 0 Å². The molecule has 16 heavy (non-hydrogen) atoms. The Morgan fingerprint density at radius 1 is 1.38 bits per heavy atom. The smallest absolute Gasteiger partial charge is 0.143 e. The molecule has 0 saturated heterocycles. The van der Waals surface area contributed by atoms with E-state index in [0.717, 1.165) is 32.1 Å². The van der Waals surface area contributed by atoms with E-state index in [9.17, 15) is 4.79 Å². The van der Waals surface area contributed by atoms with Crippen molar-refractivity contribution in [3.8, 4) is 0 Å². The number of hydrogen-bond donors (Lipinski definition) is 1. The number of hydrogen-bond acceptors (Lipinski definition) is 3. The van der Waals surface area contributed by atoms with E-state index < -0.39 is 0 Å². The van der Waals surface area contributed by atoms with Crippen molar-refractivity contribution in [2.75, 3.05) is 20.3 Å². The van der Waals surface area contributed by atoms with Gasteiger partial charge in [0.1, 0.15) is 5.78 Å². The number of carbonyl (C=O) groups excluding carboxylic acids is 1. The van der Waals surface area contributed by atoms with E-state index in [-0.39, 0.29) is 11.3 Å². The minimum absolute atomic E-state index is 0.0848. The van der Waals surface area contributed by atoms with Crippen LogP contribution in [0.2, 0.25) is 0 Å². The Hall–Kier alpha value is -0.410. The number of rotatable bonds is 6. The molecule has 1 rings (SSSR count). The molecule has 1 saturated carbocycles. The average Bonchev–Trinajstić information content (AvgIpc) is 2.35. The maximum absolute atomic E-state index is 12.4. The molecule has 0 bridgehead atoms. The maximum atomic E-state index is 12.4. The van der Waals surface area contributed by atoms with E-state index in [1.165, 1.54) is 6.42 Å². The lowest BCUT2D eigenvalue weighted by Crippen LogP contribution is -2.43. The second-order valence-corrected chi connectivity index (χ2v) is 5.09. The third kappa shape index (κ3) is 3.05. The van der Waals surface area contributed by atoms with Gasteiger partial charge in [-0.25, -0.2) is 0 Å². The topological polar surface area (TPSA) is 52.3 Å². The van der Waals surface area contributed by atoms with Crippen LogP contribution in [0, 0.1) is 11.3 Å². The van der Waals surface area contributed by atoms with E-state index in [4.69, 9.17) is 10.5 Å². The van der Waals surface area contributed by atoms with Crippen LogP contribution in [0.1, 0.15) is 45.4 Å². The molecular formula is C13H25NO2. The van der Waals surface area contributed by atoms with E-state index in [2.05, 4.69) is 0 Å². The van der Waals surface area contributed by atoms with Gasteiger partial charge < -0.3 is 10.5 Å². The minimum Gasteiger partial charge on any atom is -0.385 e. The third-order valence-electron chi connectivity index (χ3n) is 3.93. The first-order valence-corrected chi connectivity index (χ1v) is 6.39. The highest BCUT2D eigenvalue weighted by Crippen LogP contribution is 2.38. The Labute approximate surface area is 98.7 Å². The number of Topliss-reactive ketones (excluding diaryl/α,β-unsaturated/α-hetero) is 1. The first kappa shape index (κ1) is 13.7. The van der Waals surface area contributed by atoms with Gasteiger partial charge in [-0.05, 0) is 19.3 Å². The minimum atomic E-state index is -0.217. The largest absolute Gasteiger partial charge is 0.385 e. The molecule has 94 valence electrons. The fourth-order valence-electron chi connectivity index (χ4n) is 2.73. The molecule has 3 heteroatoms. The summed E-state index contributed by atoms with van der Waals surface area (Å²) >= 11 is 0. The van der Waals surface area contributed by atoms with Crippen LogP contribution in [0.3, 0.4) is 0 Å². The summed E-state index contributed by atoms with van der Waals surface area (Å²) in [5.74, 6) is 0.452. The van der Waals surface area contributed by atoms with Crippen molar-refractivity contribution in [2.24, 2.45) is 17.1 Å². The lowest BCUT2D eigenvalue weighted by molar-refractivity contribution is -0.134. The number of nitrogens with two attached hydrogens (primary N) is 1. The van der Waals surface area contributed by atoms with Crippen LogP contribution >= 0.6 is 0 Å². The van der Waals surface area contributed by atoms with Gasteiger partial charge in [-0.15, -0.1) is 0 Å². The fraction of sp³-hybridized carbons (Fsp3) is 0.923. The molecular weight excluding hydrogens is 202 g/mol. The lowest BCUT2D eigenvalue weighted by atomic mass is 9.68. The Bertz CT molecular complexity index is 222. The molecule has 1 aliphatic rings. The molecule has 0 heterocycles. The SMILES string of the molecule is COCCC(C)C(=O)C1(CN)CCCCC1. The third-order valence-corrected chi connectivity index (χ3v) is 3.93. The monoisotopic (exact) mass is 227 g/mol. The van der Waals surface area contributed by atoms with Gasteiger partial charge in [0, 0.05) is 31.6 Å². The van der Waals surface area contributed by atoms with Gasteiger partial charge in [0.05, 0.1) is 0 Å². The van der Waals surface area contributed by atoms with Gasteiger partial charge in [0.25, 0.3) is 0 Å². The molecule has 0 radical (unpaired) electrons. The highest BCUT2D eigenvalue weighted by atomic mass is 16.5. The molecule has 0 aromatic carbocycles. The zero-order valence-electron chi connectivity index (χ0n) is 10.6. The standard InChI is InChI=1S/C13H25NO2/c1-11(6-9-16-2)12(15)13(10-14)7-4-3-5-8-13/h11H,3-10,14H2,1-2H3. The van der Waals surface area contributed by atoms with E-state index in [1.54, 1.807) is 7.11 Å². The molecule has 0 amide bonds. The van der Waals surface area contributed by atoms with Crippen LogP contribution in [0.4, 0.5) is 0 Å². The summed E-state index contributed by atoms with van der Waals surface area (Å²) in [6.45, 7) is 3.18. The normalized spacial score (nSPS) is 21.7. The second-order valence-electron chi connectivity index (χ2n) is 5.09. The Morgan fingerprint density at radius 3 is 2.50 bits per heavy atom. The maximum Gasteiger partial charge on any atom is 0.143 e. The zero-order valence-corrected chi connectivity index (χ0v) is 10.6. The second kappa shape index (κ2) is 6.36. The van der Waals surface area contributed by atoms with E-state index in [1.807, 2.05) is 6.92 Å². The quantitative estimate of drug-likeness (QED) is 0.756. The summed E-state index contributed by atoms with van der Waals surface area (Å²) in [6.07, 6.45) is 6.34. The number of carbonyl (C=O) groups is 1. The summed E-state index contributed by atoms with van der Waals surface area (Å²) < 4.78 is 5.03. The fourth-order valence-corrected chi connectivity index (χ4v) is 2.73. The summed E-state index contributed by atoms with van der Waals surface area (Å²) in [7, 11) is 1.68. The van der Waals surface area contributed by atoms with Gasteiger partial charge in [0.2, 0.25) is 0 Å². The molecule has 0 aliphatic heterocycles. The number of methoxy groups -OCH3 is 1. The van der Waals surface area contributed by atoms with Crippen molar-refractivity contribution in [1.29, 1.82) is 0 Å². The van der Waals surface area contributed by atoms with Crippen LogP contribution < -0.4 is 5.73 Å². The zero-order chi connectivity index (χ0) is 12.0. The summed E-state index contributed by atoms with van der Waals surface area (Å²) in [4.78, 5) is 12.4. The van der Waals surface area contributed by atoms with Crippen LogP contribution in [-0.2, 0) is 9.53 Å². The summed E-state index contributed by atoms with van der Waals surface area (Å²) in [5, 5.41) is 0. The molecule has 1 unspecified atom stereocenters. The number of ketones is 1. The lowest BCUT2D eigenvalue weighted by Gasteiger charge is -2.36. The van der Waals surface area contributed by atoms with Gasteiger partial charge in [-0.1, -0.05) is 26.2 Å². The highest BCUT2D eigenvalue weighted by Gasteiger charge is 2.39. The molecule has 3 nitrogen and oxygen atoms in total. The molecule has 2 N–H and O–H groups in total. The molecule has 0 spiro atoms. The van der Waals surface area contributed by atoms with Crippen LogP contribution in [0.15, 0.2) is 0 Å². The molecule has 1 atom stereocenters. The van der Waals surface area contributed by atoms with Gasteiger partial charge >= 0.3 is 0 Å². The number of ether oxygens (including phenoxy) is 1. The summed E-state index contributed by atoms with van der Waals surface area (Å²) in [5.41, 5.74) is 5.64. The first-order valence-electron chi connectivity index (χ1n) is 6.39. The van der Waals surface area contributed by atoms with Crippen molar-refractivity contribution < 1.29 is 9.53 Å². The van der Waals surface area contributed by atoms with E-state index >= 15 is 0 Å². The van der Waals surface area contributed by atoms with Crippen molar-refractivity contribution in [2.45, 2.75) is 45.4 Å². The van der Waals surface area contributed by atoms with Crippen molar-refractivity contribution >= 4 is 5.78 Å². The van der Waals surface area contributed by atoms with E-state index in [0.29, 0.717) is 18.9 Å². The van der Waals surface area contributed by atoms with Crippen LogP contribution in [-0.4, -0.2) is 26.0 Å². The highest BCUT2D eigenvalue weighted by molar-refractivity contribution is 5.87. The van der Waals surface area contributed by atoms with Gasteiger partial charge in [-0.3, -0.25) is 4.79 Å². The molecule has 0 aromatic heterocycles. The Balaban J connectivity index is 2.60. The average molecular weight is 227 g/mol. The van der Waals surface area contributed by atoms with Crippen molar-refractivity contribution in [3.05, 3.63) is 0 Å². The first-order chi connectivity index (χ1) is 7.66. The molecule has 1 fully saturated rings. The van der Waals surface area contributed by atoms with Crippen LogP contribution in [0.5, 0.6) is 0 Å². The predicted octanol–water partition coefficient (Wildman–Crippen LogP) is 2.14.